The third-order valence-corrected chi connectivity index (χ3v) is 4.32. The standard InChI is InChI=1S/C20H23NO3/c1-3-17-20(22)24-19(16-13-9-6-10-14-16)18(21(17)23-4-2)15-11-7-5-8-12-15/h5-14,17-19H,3-4H2,1-2H3/t17-,18-,19+/m1/s1. The highest BCUT2D eigenvalue weighted by Gasteiger charge is 2.45. The zero-order valence-corrected chi connectivity index (χ0v) is 14.1. The van der Waals surface area contributed by atoms with Crippen molar-refractivity contribution < 1.29 is 14.4 Å². The molecule has 0 N–H and O–H groups in total. The van der Waals surface area contributed by atoms with E-state index in [0.717, 1.165) is 11.1 Å². The summed E-state index contributed by atoms with van der Waals surface area (Å²) in [5.74, 6) is -0.230. The number of esters is 1. The molecule has 0 spiro atoms. The van der Waals surface area contributed by atoms with E-state index in [-0.39, 0.29) is 12.0 Å². The highest BCUT2D eigenvalue weighted by molar-refractivity contribution is 5.77. The molecule has 4 heteroatoms. The first kappa shape index (κ1) is 16.7. The lowest BCUT2D eigenvalue weighted by molar-refractivity contribution is -0.263. The van der Waals surface area contributed by atoms with Crippen molar-refractivity contribution in [2.75, 3.05) is 6.61 Å². The Bertz CT molecular complexity index is 659. The van der Waals surface area contributed by atoms with Gasteiger partial charge in [0.25, 0.3) is 0 Å². The van der Waals surface area contributed by atoms with Gasteiger partial charge >= 0.3 is 5.97 Å². The average molecular weight is 325 g/mol. The fourth-order valence-corrected chi connectivity index (χ4v) is 3.23. The summed E-state index contributed by atoms with van der Waals surface area (Å²) in [4.78, 5) is 18.4. The Hall–Kier alpha value is -2.17. The van der Waals surface area contributed by atoms with Crippen LogP contribution >= 0.6 is 0 Å². The van der Waals surface area contributed by atoms with Crippen molar-refractivity contribution in [1.82, 2.24) is 5.06 Å². The van der Waals surface area contributed by atoms with Gasteiger partial charge in [0, 0.05) is 0 Å². The molecule has 1 aliphatic rings. The maximum absolute atomic E-state index is 12.5. The number of cyclic esters (lactones) is 1. The van der Waals surface area contributed by atoms with Crippen molar-refractivity contribution in [3.05, 3.63) is 71.8 Å². The number of carbonyl (C=O) groups is 1. The van der Waals surface area contributed by atoms with Gasteiger partial charge in [0.2, 0.25) is 0 Å². The molecule has 126 valence electrons. The van der Waals surface area contributed by atoms with E-state index >= 15 is 0 Å². The SMILES string of the molecule is CCON1[C@H](CC)C(=O)O[C@@H](c2ccccc2)[C@H]1c1ccccc1. The summed E-state index contributed by atoms with van der Waals surface area (Å²) >= 11 is 0. The first-order valence-corrected chi connectivity index (χ1v) is 8.47. The molecule has 0 aromatic heterocycles. The molecule has 0 bridgehead atoms. The van der Waals surface area contributed by atoms with Crippen molar-refractivity contribution >= 4 is 5.97 Å². The van der Waals surface area contributed by atoms with Crippen LogP contribution < -0.4 is 0 Å². The van der Waals surface area contributed by atoms with E-state index in [4.69, 9.17) is 9.57 Å². The zero-order valence-electron chi connectivity index (χ0n) is 14.1. The van der Waals surface area contributed by atoms with Crippen LogP contribution in [0.1, 0.15) is 43.5 Å². The van der Waals surface area contributed by atoms with Gasteiger partial charge in [-0.3, -0.25) is 9.63 Å². The highest BCUT2D eigenvalue weighted by Crippen LogP contribution is 2.42. The molecule has 2 aromatic carbocycles. The number of ether oxygens (including phenoxy) is 1. The lowest BCUT2D eigenvalue weighted by Gasteiger charge is -2.44. The number of carbonyl (C=O) groups excluding carboxylic acids is 1. The third kappa shape index (κ3) is 3.21. The topological polar surface area (TPSA) is 38.8 Å². The van der Waals surface area contributed by atoms with Crippen LogP contribution in [0.2, 0.25) is 0 Å². The van der Waals surface area contributed by atoms with Crippen LogP contribution in [0.15, 0.2) is 60.7 Å². The molecule has 0 unspecified atom stereocenters. The summed E-state index contributed by atoms with van der Waals surface area (Å²) in [5.41, 5.74) is 2.05. The maximum atomic E-state index is 12.5. The molecule has 1 aliphatic heterocycles. The lowest BCUT2D eigenvalue weighted by Crippen LogP contribution is -2.51. The lowest BCUT2D eigenvalue weighted by atomic mass is 9.92. The van der Waals surface area contributed by atoms with Crippen LogP contribution in [0.3, 0.4) is 0 Å². The molecule has 3 atom stereocenters. The minimum absolute atomic E-state index is 0.170. The first-order chi connectivity index (χ1) is 11.8. The van der Waals surface area contributed by atoms with Gasteiger partial charge in [0.15, 0.2) is 0 Å². The fraction of sp³-hybridized carbons (Fsp3) is 0.350. The molecule has 1 heterocycles. The van der Waals surface area contributed by atoms with E-state index in [1.54, 1.807) is 0 Å². The Morgan fingerprint density at radius 3 is 2.08 bits per heavy atom. The number of nitrogens with zero attached hydrogens (tertiary/aromatic N) is 1. The molecule has 3 rings (SSSR count). The second-order valence-electron chi connectivity index (χ2n) is 5.83. The van der Waals surface area contributed by atoms with Gasteiger partial charge < -0.3 is 4.74 Å². The maximum Gasteiger partial charge on any atom is 0.326 e. The van der Waals surface area contributed by atoms with Crippen LogP contribution in [0.25, 0.3) is 0 Å². The second kappa shape index (κ2) is 7.60. The van der Waals surface area contributed by atoms with Crippen molar-refractivity contribution in [3.63, 3.8) is 0 Å². The van der Waals surface area contributed by atoms with Gasteiger partial charge in [-0.15, -0.1) is 0 Å². The summed E-state index contributed by atoms with van der Waals surface area (Å²) in [6, 6.07) is 19.4. The Kier molecular flexibility index (Phi) is 5.28. The second-order valence-corrected chi connectivity index (χ2v) is 5.83. The molecule has 0 amide bonds. The van der Waals surface area contributed by atoms with Crippen LogP contribution in [-0.4, -0.2) is 23.7 Å². The number of rotatable bonds is 5. The quantitative estimate of drug-likeness (QED) is 0.777. The summed E-state index contributed by atoms with van der Waals surface area (Å²) in [5, 5.41) is 1.83. The monoisotopic (exact) mass is 325 g/mol. The van der Waals surface area contributed by atoms with Gasteiger partial charge in [-0.2, -0.15) is 5.06 Å². The van der Waals surface area contributed by atoms with E-state index < -0.39 is 12.1 Å². The summed E-state index contributed by atoms with van der Waals surface area (Å²) in [6.45, 7) is 4.42. The van der Waals surface area contributed by atoms with E-state index in [9.17, 15) is 4.79 Å². The van der Waals surface area contributed by atoms with Gasteiger partial charge in [-0.25, -0.2) is 0 Å². The normalized spacial score (nSPS) is 24.6. The predicted molar refractivity (Wildman–Crippen MR) is 92.0 cm³/mol. The van der Waals surface area contributed by atoms with E-state index in [2.05, 4.69) is 12.1 Å². The number of hydrogen-bond donors (Lipinski definition) is 0. The molecule has 0 saturated carbocycles. The molecule has 0 aliphatic carbocycles. The molecule has 1 saturated heterocycles. The Morgan fingerprint density at radius 2 is 1.54 bits per heavy atom. The molecule has 0 radical (unpaired) electrons. The minimum atomic E-state index is -0.393. The number of hydroxylamine groups is 2. The molecule has 24 heavy (non-hydrogen) atoms. The van der Waals surface area contributed by atoms with Gasteiger partial charge in [0.05, 0.1) is 6.61 Å². The molecule has 4 nitrogen and oxygen atoms in total. The molecular formula is C20H23NO3. The number of benzene rings is 2. The van der Waals surface area contributed by atoms with Crippen LogP contribution in [0.5, 0.6) is 0 Å². The molecule has 1 fully saturated rings. The third-order valence-electron chi connectivity index (χ3n) is 4.32. The Labute approximate surface area is 143 Å². The van der Waals surface area contributed by atoms with E-state index in [0.29, 0.717) is 13.0 Å². The first-order valence-electron chi connectivity index (χ1n) is 8.47. The van der Waals surface area contributed by atoms with Crippen molar-refractivity contribution in [2.45, 2.75) is 38.5 Å². The zero-order chi connectivity index (χ0) is 16.9. The predicted octanol–water partition coefficient (Wildman–Crippen LogP) is 4.06. The Morgan fingerprint density at radius 1 is 0.958 bits per heavy atom. The highest BCUT2D eigenvalue weighted by atomic mass is 16.7. The number of morpholine rings is 1. The van der Waals surface area contributed by atoms with Crippen LogP contribution in [0, 0.1) is 0 Å². The van der Waals surface area contributed by atoms with Crippen molar-refractivity contribution in [1.29, 1.82) is 0 Å². The molecular weight excluding hydrogens is 302 g/mol. The average Bonchev–Trinajstić information content (AvgIpc) is 2.63. The molecule has 2 aromatic rings. The summed E-state index contributed by atoms with van der Waals surface area (Å²) in [6.07, 6.45) is 0.249. The van der Waals surface area contributed by atoms with Crippen LogP contribution in [-0.2, 0) is 14.4 Å². The largest absolute Gasteiger partial charge is 0.454 e. The van der Waals surface area contributed by atoms with Gasteiger partial charge in [-0.1, -0.05) is 67.6 Å². The van der Waals surface area contributed by atoms with Crippen molar-refractivity contribution in [3.8, 4) is 0 Å². The van der Waals surface area contributed by atoms with Gasteiger partial charge in [-0.05, 0) is 24.5 Å². The van der Waals surface area contributed by atoms with Crippen molar-refractivity contribution in [2.24, 2.45) is 0 Å². The Balaban J connectivity index is 2.07. The fourth-order valence-electron chi connectivity index (χ4n) is 3.23. The van der Waals surface area contributed by atoms with E-state index in [1.807, 2.05) is 67.4 Å². The summed E-state index contributed by atoms with van der Waals surface area (Å²) < 4.78 is 5.86. The minimum Gasteiger partial charge on any atom is -0.454 e. The smallest absolute Gasteiger partial charge is 0.326 e. The number of hydrogen-bond acceptors (Lipinski definition) is 4. The van der Waals surface area contributed by atoms with Gasteiger partial charge in [0.1, 0.15) is 18.2 Å². The van der Waals surface area contributed by atoms with Crippen LogP contribution in [0.4, 0.5) is 0 Å². The summed E-state index contributed by atoms with van der Waals surface area (Å²) in [7, 11) is 0. The van der Waals surface area contributed by atoms with E-state index in [1.165, 1.54) is 0 Å².